The van der Waals surface area contributed by atoms with Gasteiger partial charge in [0.15, 0.2) is 0 Å². The zero-order valence-electron chi connectivity index (χ0n) is 12.8. The zero-order valence-corrected chi connectivity index (χ0v) is 13.6. The molecular weight excluding hydrogens is 288 g/mol. The van der Waals surface area contributed by atoms with Crippen LogP contribution in [-0.4, -0.2) is 62.9 Å². The Balaban J connectivity index is 1.56. The summed E-state index contributed by atoms with van der Waals surface area (Å²) in [4.78, 5) is 14.2. The Bertz CT molecular complexity index is 452. The van der Waals surface area contributed by atoms with Crippen molar-refractivity contribution in [1.29, 1.82) is 0 Å². The highest BCUT2D eigenvalue weighted by Crippen LogP contribution is 2.18. The van der Waals surface area contributed by atoms with Crippen LogP contribution in [0.4, 0.5) is 0 Å². The van der Waals surface area contributed by atoms with Gasteiger partial charge in [0.1, 0.15) is 0 Å². The Morgan fingerprint density at radius 3 is 3.00 bits per heavy atom. The summed E-state index contributed by atoms with van der Waals surface area (Å²) in [6.07, 6.45) is 5.37. The number of amides is 1. The summed E-state index contributed by atoms with van der Waals surface area (Å²) in [6, 6.07) is 0.573. The molecule has 7 nitrogen and oxygen atoms in total. The average molecular weight is 312 g/mol. The summed E-state index contributed by atoms with van der Waals surface area (Å²) < 4.78 is 1.63. The quantitative estimate of drug-likeness (QED) is 0.589. The molecule has 0 saturated carbocycles. The first kappa shape index (κ1) is 16.2. The molecule has 2 rings (SSSR count). The lowest BCUT2D eigenvalue weighted by Crippen LogP contribution is -2.37. The maximum Gasteiger partial charge on any atom is 0.220 e. The van der Waals surface area contributed by atoms with Crippen LogP contribution in [0.3, 0.4) is 0 Å². The van der Waals surface area contributed by atoms with E-state index in [0.29, 0.717) is 19.0 Å². The van der Waals surface area contributed by atoms with Gasteiger partial charge < -0.3 is 10.2 Å². The van der Waals surface area contributed by atoms with Crippen molar-refractivity contribution >= 4 is 17.7 Å². The number of nitrogens with one attached hydrogen (secondary N) is 1. The van der Waals surface area contributed by atoms with E-state index in [0.717, 1.165) is 23.9 Å². The Labute approximate surface area is 129 Å². The van der Waals surface area contributed by atoms with Gasteiger partial charge in [-0.3, -0.25) is 4.79 Å². The SMILES string of the molecule is CN1CCCC[C@@H]1CCC(=O)NCCSc1nnnn1C. The molecule has 118 valence electrons. The van der Waals surface area contributed by atoms with Crippen LogP contribution in [-0.2, 0) is 11.8 Å². The number of tetrazole rings is 1. The molecule has 0 aromatic carbocycles. The largest absolute Gasteiger partial charge is 0.355 e. The van der Waals surface area contributed by atoms with Crippen LogP contribution >= 0.6 is 11.8 Å². The molecule has 21 heavy (non-hydrogen) atoms. The van der Waals surface area contributed by atoms with E-state index in [4.69, 9.17) is 0 Å². The van der Waals surface area contributed by atoms with E-state index in [1.165, 1.54) is 19.3 Å². The Morgan fingerprint density at radius 1 is 1.43 bits per heavy atom. The van der Waals surface area contributed by atoms with Crippen molar-refractivity contribution in [3.63, 3.8) is 0 Å². The summed E-state index contributed by atoms with van der Waals surface area (Å²) in [5, 5.41) is 15.0. The number of carbonyl (C=O) groups is 1. The third-order valence-electron chi connectivity index (χ3n) is 3.86. The number of hydrogen-bond acceptors (Lipinski definition) is 6. The van der Waals surface area contributed by atoms with Crippen molar-refractivity contribution in [3.05, 3.63) is 0 Å². The summed E-state index contributed by atoms with van der Waals surface area (Å²) in [5.74, 6) is 0.925. The van der Waals surface area contributed by atoms with Gasteiger partial charge in [0, 0.05) is 31.8 Å². The van der Waals surface area contributed by atoms with Gasteiger partial charge in [-0.05, 0) is 43.3 Å². The number of rotatable bonds is 7. The van der Waals surface area contributed by atoms with E-state index >= 15 is 0 Å². The monoisotopic (exact) mass is 312 g/mol. The molecule has 1 aromatic heterocycles. The van der Waals surface area contributed by atoms with Gasteiger partial charge in [-0.25, -0.2) is 4.68 Å². The lowest BCUT2D eigenvalue weighted by atomic mass is 9.98. The maximum atomic E-state index is 11.8. The van der Waals surface area contributed by atoms with Crippen molar-refractivity contribution in [2.75, 3.05) is 25.9 Å². The van der Waals surface area contributed by atoms with Crippen LogP contribution in [0.2, 0.25) is 0 Å². The third kappa shape index (κ3) is 5.28. The first-order valence-electron chi connectivity index (χ1n) is 7.49. The topological polar surface area (TPSA) is 75.9 Å². The minimum atomic E-state index is 0.144. The first-order chi connectivity index (χ1) is 10.2. The molecule has 1 saturated heterocycles. The van der Waals surface area contributed by atoms with Crippen LogP contribution in [0.1, 0.15) is 32.1 Å². The zero-order chi connectivity index (χ0) is 15.1. The number of piperidine rings is 1. The average Bonchev–Trinajstić information content (AvgIpc) is 2.88. The lowest BCUT2D eigenvalue weighted by Gasteiger charge is -2.32. The van der Waals surface area contributed by atoms with E-state index in [9.17, 15) is 4.79 Å². The smallest absolute Gasteiger partial charge is 0.220 e. The van der Waals surface area contributed by atoms with Gasteiger partial charge in [0.05, 0.1) is 0 Å². The van der Waals surface area contributed by atoms with Crippen molar-refractivity contribution in [2.24, 2.45) is 7.05 Å². The highest BCUT2D eigenvalue weighted by molar-refractivity contribution is 7.99. The minimum absolute atomic E-state index is 0.144. The Morgan fingerprint density at radius 2 is 2.29 bits per heavy atom. The number of thioether (sulfide) groups is 1. The van der Waals surface area contributed by atoms with Gasteiger partial charge >= 0.3 is 0 Å². The van der Waals surface area contributed by atoms with E-state index in [-0.39, 0.29) is 5.91 Å². The van der Waals surface area contributed by atoms with Crippen molar-refractivity contribution < 1.29 is 4.79 Å². The summed E-state index contributed by atoms with van der Waals surface area (Å²) in [6.45, 7) is 1.81. The highest BCUT2D eigenvalue weighted by atomic mass is 32.2. The van der Waals surface area contributed by atoms with Crippen LogP contribution in [0.5, 0.6) is 0 Å². The maximum absolute atomic E-state index is 11.8. The van der Waals surface area contributed by atoms with Gasteiger partial charge in [0.2, 0.25) is 11.1 Å². The van der Waals surface area contributed by atoms with Crippen molar-refractivity contribution in [2.45, 2.75) is 43.3 Å². The fourth-order valence-electron chi connectivity index (χ4n) is 2.57. The second-order valence-electron chi connectivity index (χ2n) is 5.45. The molecular formula is C13H24N6OS. The second-order valence-corrected chi connectivity index (χ2v) is 6.51. The molecule has 1 atom stereocenters. The van der Waals surface area contributed by atoms with Crippen molar-refractivity contribution in [1.82, 2.24) is 30.4 Å². The molecule has 0 bridgehead atoms. The standard InChI is InChI=1S/C13H24N6OS/c1-18-9-4-3-5-11(18)6-7-12(20)14-8-10-21-13-15-16-17-19(13)2/h11H,3-10H2,1-2H3,(H,14,20)/t11-/m1/s1. The number of aryl methyl sites for hydroxylation is 1. The number of nitrogens with zero attached hydrogens (tertiary/aromatic N) is 5. The van der Waals surface area contributed by atoms with Crippen LogP contribution in [0, 0.1) is 0 Å². The Kier molecular flexibility index (Phi) is 6.44. The second kappa shape index (κ2) is 8.33. The highest BCUT2D eigenvalue weighted by Gasteiger charge is 2.19. The Hall–Kier alpha value is -1.15. The first-order valence-corrected chi connectivity index (χ1v) is 8.47. The molecule has 2 heterocycles. The van der Waals surface area contributed by atoms with Gasteiger partial charge in [-0.2, -0.15) is 0 Å². The molecule has 0 radical (unpaired) electrons. The minimum Gasteiger partial charge on any atom is -0.355 e. The van der Waals surface area contributed by atoms with E-state index < -0.39 is 0 Å². The van der Waals surface area contributed by atoms with E-state index in [2.05, 4.69) is 32.8 Å². The van der Waals surface area contributed by atoms with E-state index in [1.54, 1.807) is 16.4 Å². The molecule has 1 N–H and O–H groups in total. The van der Waals surface area contributed by atoms with Crippen LogP contribution in [0.25, 0.3) is 0 Å². The molecule has 8 heteroatoms. The summed E-state index contributed by atoms with van der Waals surface area (Å²) in [7, 11) is 3.97. The van der Waals surface area contributed by atoms with Crippen LogP contribution < -0.4 is 5.32 Å². The fourth-order valence-corrected chi connectivity index (χ4v) is 3.28. The van der Waals surface area contributed by atoms with Crippen molar-refractivity contribution in [3.8, 4) is 0 Å². The molecule has 1 aliphatic heterocycles. The molecule has 1 amide bonds. The number of hydrogen-bond donors (Lipinski definition) is 1. The normalized spacial score (nSPS) is 19.6. The predicted octanol–water partition coefficient (Wildman–Crippen LogP) is 0.683. The number of carbonyl (C=O) groups excluding carboxylic acids is 1. The van der Waals surface area contributed by atoms with Crippen LogP contribution in [0.15, 0.2) is 5.16 Å². The fraction of sp³-hybridized carbons (Fsp3) is 0.846. The molecule has 1 aromatic rings. The lowest BCUT2D eigenvalue weighted by molar-refractivity contribution is -0.121. The number of aromatic nitrogens is 4. The third-order valence-corrected chi connectivity index (χ3v) is 4.88. The van der Waals surface area contributed by atoms with Gasteiger partial charge in [-0.1, -0.05) is 18.2 Å². The summed E-state index contributed by atoms with van der Waals surface area (Å²) >= 11 is 1.55. The molecule has 1 fully saturated rings. The van der Waals surface area contributed by atoms with Gasteiger partial charge in [-0.15, -0.1) is 5.10 Å². The molecule has 0 spiro atoms. The molecule has 1 aliphatic rings. The molecule has 0 aliphatic carbocycles. The molecule has 0 unspecified atom stereocenters. The van der Waals surface area contributed by atoms with Gasteiger partial charge in [0.25, 0.3) is 0 Å². The summed E-state index contributed by atoms with van der Waals surface area (Å²) in [5.41, 5.74) is 0. The predicted molar refractivity (Wildman–Crippen MR) is 82.0 cm³/mol. The number of likely N-dealkylation sites (tertiary alicyclic amines) is 1. The van der Waals surface area contributed by atoms with E-state index in [1.807, 2.05) is 7.05 Å².